The molecule has 0 aliphatic carbocycles. The summed E-state index contributed by atoms with van der Waals surface area (Å²) in [6.45, 7) is 4.02. The Hall–Kier alpha value is -3.75. The van der Waals surface area contributed by atoms with Gasteiger partial charge in [-0.1, -0.05) is 0 Å². The van der Waals surface area contributed by atoms with Crippen LogP contribution in [-0.2, 0) is 17.9 Å². The molecule has 0 aliphatic rings. The molecule has 2 aromatic carbocycles. The summed E-state index contributed by atoms with van der Waals surface area (Å²) in [4.78, 5) is 38.5. The molecule has 0 spiro atoms. The van der Waals surface area contributed by atoms with Gasteiger partial charge in [-0.25, -0.2) is 4.79 Å². The van der Waals surface area contributed by atoms with Crippen molar-refractivity contribution in [3.8, 4) is 17.2 Å². The number of methoxy groups -OCH3 is 2. The molecule has 0 bridgehead atoms. The largest absolute Gasteiger partial charge is 0.494 e. The molecule has 3 rings (SSSR count). The number of nitrogens with zero attached hydrogens (tertiary/aromatic N) is 2. The summed E-state index contributed by atoms with van der Waals surface area (Å²) in [7, 11) is 2.92. The molecule has 1 heterocycles. The Kier molecular flexibility index (Phi) is 6.64. The lowest BCUT2D eigenvalue weighted by molar-refractivity contribution is -0.116. The molecule has 0 unspecified atom stereocenters. The number of carbonyl (C=O) groups is 1. The van der Waals surface area contributed by atoms with Crippen LogP contribution in [0.2, 0.25) is 0 Å². The van der Waals surface area contributed by atoms with Gasteiger partial charge in [-0.3, -0.25) is 18.7 Å². The molecule has 0 fully saturated rings. The summed E-state index contributed by atoms with van der Waals surface area (Å²) in [6.07, 6.45) is 0. The van der Waals surface area contributed by atoms with Crippen LogP contribution in [0, 0.1) is 0 Å². The first-order chi connectivity index (χ1) is 14.9. The Morgan fingerprint density at radius 2 is 1.61 bits per heavy atom. The highest BCUT2D eigenvalue weighted by Gasteiger charge is 2.18. The molecule has 0 saturated carbocycles. The summed E-state index contributed by atoms with van der Waals surface area (Å²) in [5, 5.41) is 3.01. The van der Waals surface area contributed by atoms with Crippen molar-refractivity contribution in [2.45, 2.75) is 26.9 Å². The number of fused-ring (bicyclic) bond motifs is 1. The van der Waals surface area contributed by atoms with Crippen molar-refractivity contribution >= 4 is 22.5 Å². The molecule has 1 aromatic heterocycles. The lowest BCUT2D eigenvalue weighted by atomic mass is 10.2. The van der Waals surface area contributed by atoms with Gasteiger partial charge in [-0.05, 0) is 44.2 Å². The number of nitrogens with one attached hydrogen (secondary N) is 1. The molecule has 9 nitrogen and oxygen atoms in total. The zero-order chi connectivity index (χ0) is 22.5. The molecule has 164 valence electrons. The predicted octanol–water partition coefficient (Wildman–Crippen LogP) is 2.24. The number of carbonyl (C=O) groups excluding carboxylic acids is 1. The van der Waals surface area contributed by atoms with E-state index in [1.54, 1.807) is 31.2 Å². The van der Waals surface area contributed by atoms with Crippen LogP contribution in [0.4, 0.5) is 5.69 Å². The smallest absolute Gasteiger partial charge is 0.331 e. The quantitative estimate of drug-likeness (QED) is 0.592. The van der Waals surface area contributed by atoms with Gasteiger partial charge in [0.05, 0.1) is 31.7 Å². The lowest BCUT2D eigenvalue weighted by Gasteiger charge is -2.16. The molecule has 1 amide bonds. The Bertz CT molecular complexity index is 1210. The number of ether oxygens (including phenoxy) is 3. The molecular weight excluding hydrogens is 402 g/mol. The number of rotatable bonds is 8. The van der Waals surface area contributed by atoms with Gasteiger partial charge in [0.1, 0.15) is 12.3 Å². The highest BCUT2D eigenvalue weighted by atomic mass is 16.5. The topological polar surface area (TPSA) is 101 Å². The second-order valence-electron chi connectivity index (χ2n) is 6.65. The summed E-state index contributed by atoms with van der Waals surface area (Å²) >= 11 is 0. The normalized spacial score (nSPS) is 10.7. The Morgan fingerprint density at radius 1 is 0.968 bits per heavy atom. The third kappa shape index (κ3) is 4.40. The van der Waals surface area contributed by atoms with Gasteiger partial charge in [-0.15, -0.1) is 0 Å². The molecule has 9 heteroatoms. The van der Waals surface area contributed by atoms with Gasteiger partial charge < -0.3 is 19.5 Å². The average Bonchev–Trinajstić information content (AvgIpc) is 2.77. The van der Waals surface area contributed by atoms with E-state index >= 15 is 0 Å². The van der Waals surface area contributed by atoms with Crippen LogP contribution < -0.4 is 30.8 Å². The summed E-state index contributed by atoms with van der Waals surface area (Å²) in [6, 6.07) is 9.96. The van der Waals surface area contributed by atoms with E-state index < -0.39 is 17.2 Å². The van der Waals surface area contributed by atoms with Gasteiger partial charge in [0.2, 0.25) is 5.91 Å². The average molecular weight is 427 g/mol. The summed E-state index contributed by atoms with van der Waals surface area (Å²) in [5.41, 5.74) is -0.172. The zero-order valence-electron chi connectivity index (χ0n) is 17.9. The van der Waals surface area contributed by atoms with Crippen LogP contribution in [0.3, 0.4) is 0 Å². The number of benzene rings is 2. The van der Waals surface area contributed by atoms with E-state index in [4.69, 9.17) is 14.2 Å². The highest BCUT2D eigenvalue weighted by Crippen LogP contribution is 2.30. The molecule has 31 heavy (non-hydrogen) atoms. The molecule has 0 saturated heterocycles. The van der Waals surface area contributed by atoms with Crippen LogP contribution in [0.15, 0.2) is 46.0 Å². The Labute approximate surface area is 178 Å². The summed E-state index contributed by atoms with van der Waals surface area (Å²) < 4.78 is 18.3. The van der Waals surface area contributed by atoms with Crippen LogP contribution in [0.1, 0.15) is 13.8 Å². The number of hydrogen-bond donors (Lipinski definition) is 1. The number of anilines is 1. The fourth-order valence-electron chi connectivity index (χ4n) is 3.32. The maximum atomic E-state index is 13.0. The zero-order valence-corrected chi connectivity index (χ0v) is 17.9. The first kappa shape index (κ1) is 21.9. The van der Waals surface area contributed by atoms with Crippen molar-refractivity contribution in [1.82, 2.24) is 9.13 Å². The minimum absolute atomic E-state index is 0.169. The second kappa shape index (κ2) is 9.38. The van der Waals surface area contributed by atoms with Crippen molar-refractivity contribution < 1.29 is 19.0 Å². The van der Waals surface area contributed by atoms with Crippen LogP contribution in [-0.4, -0.2) is 35.9 Å². The Morgan fingerprint density at radius 3 is 2.19 bits per heavy atom. The van der Waals surface area contributed by atoms with Crippen molar-refractivity contribution in [2.24, 2.45) is 0 Å². The van der Waals surface area contributed by atoms with Crippen LogP contribution >= 0.6 is 0 Å². The van der Waals surface area contributed by atoms with E-state index in [0.29, 0.717) is 35.1 Å². The predicted molar refractivity (Wildman–Crippen MR) is 117 cm³/mol. The van der Waals surface area contributed by atoms with Crippen molar-refractivity contribution in [1.29, 1.82) is 0 Å². The van der Waals surface area contributed by atoms with Gasteiger partial charge in [0, 0.05) is 18.3 Å². The Balaban J connectivity index is 2.02. The third-order valence-electron chi connectivity index (χ3n) is 4.80. The van der Waals surface area contributed by atoms with Gasteiger partial charge >= 0.3 is 5.69 Å². The molecule has 0 atom stereocenters. The van der Waals surface area contributed by atoms with E-state index in [1.807, 2.05) is 6.92 Å². The van der Waals surface area contributed by atoms with Gasteiger partial charge in [-0.2, -0.15) is 0 Å². The SMILES string of the molecule is CCOc1ccc(NC(=O)Cn2c(=O)n(CC)c(=O)c3cc(OC)c(OC)cc32)cc1. The fraction of sp³-hybridized carbons (Fsp3) is 0.318. The number of hydrogen-bond acceptors (Lipinski definition) is 6. The molecule has 3 aromatic rings. The van der Waals surface area contributed by atoms with Crippen molar-refractivity contribution in [3.63, 3.8) is 0 Å². The van der Waals surface area contributed by atoms with Gasteiger partial charge in [0.25, 0.3) is 5.56 Å². The standard InChI is InChI=1S/C22H25N3O6/c1-5-24-21(27)16-11-18(29-3)19(30-4)12-17(16)25(22(24)28)13-20(26)23-14-7-9-15(10-8-14)31-6-2/h7-12H,5-6,13H2,1-4H3,(H,23,26). The highest BCUT2D eigenvalue weighted by molar-refractivity contribution is 5.92. The van der Waals surface area contributed by atoms with Crippen LogP contribution in [0.25, 0.3) is 10.9 Å². The summed E-state index contributed by atoms with van der Waals surface area (Å²) in [5.74, 6) is 0.991. The molecule has 0 aliphatic heterocycles. The van der Waals surface area contributed by atoms with E-state index in [-0.39, 0.29) is 18.5 Å². The minimum Gasteiger partial charge on any atom is -0.494 e. The van der Waals surface area contributed by atoms with E-state index in [1.165, 1.54) is 30.9 Å². The minimum atomic E-state index is -0.575. The van der Waals surface area contributed by atoms with Crippen molar-refractivity contribution in [2.75, 3.05) is 26.1 Å². The monoisotopic (exact) mass is 427 g/mol. The molecular formula is C22H25N3O6. The van der Waals surface area contributed by atoms with E-state index in [0.717, 1.165) is 4.57 Å². The molecule has 1 N–H and O–H groups in total. The second-order valence-corrected chi connectivity index (χ2v) is 6.65. The maximum Gasteiger partial charge on any atom is 0.331 e. The first-order valence-corrected chi connectivity index (χ1v) is 9.85. The number of amides is 1. The molecule has 0 radical (unpaired) electrons. The van der Waals surface area contributed by atoms with Crippen LogP contribution in [0.5, 0.6) is 17.2 Å². The van der Waals surface area contributed by atoms with E-state index in [9.17, 15) is 14.4 Å². The third-order valence-corrected chi connectivity index (χ3v) is 4.80. The number of aromatic nitrogens is 2. The van der Waals surface area contributed by atoms with E-state index in [2.05, 4.69) is 5.32 Å². The lowest BCUT2D eigenvalue weighted by Crippen LogP contribution is -2.41. The first-order valence-electron chi connectivity index (χ1n) is 9.85. The van der Waals surface area contributed by atoms with Gasteiger partial charge in [0.15, 0.2) is 11.5 Å². The van der Waals surface area contributed by atoms with Crippen molar-refractivity contribution in [3.05, 3.63) is 57.2 Å². The fourth-order valence-corrected chi connectivity index (χ4v) is 3.32. The maximum absolute atomic E-state index is 13.0.